The molecule has 21 heavy (non-hydrogen) atoms. The molecule has 0 saturated carbocycles. The van der Waals surface area contributed by atoms with Crippen molar-refractivity contribution in [2.75, 3.05) is 12.3 Å². The lowest BCUT2D eigenvalue weighted by Crippen LogP contribution is -2.30. The van der Waals surface area contributed by atoms with E-state index in [2.05, 4.69) is 20.9 Å². The van der Waals surface area contributed by atoms with Gasteiger partial charge >= 0.3 is 0 Å². The van der Waals surface area contributed by atoms with E-state index < -0.39 is 10.0 Å². The number of nitrogens with two attached hydrogens (primary N) is 1. The van der Waals surface area contributed by atoms with Crippen LogP contribution in [0.25, 0.3) is 0 Å². The van der Waals surface area contributed by atoms with Crippen molar-refractivity contribution in [3.05, 3.63) is 52.8 Å². The van der Waals surface area contributed by atoms with E-state index in [0.717, 1.165) is 5.56 Å². The Bertz CT molecular complexity index is 735. The smallest absolute Gasteiger partial charge is 0.244 e. The van der Waals surface area contributed by atoms with Gasteiger partial charge in [0, 0.05) is 35.6 Å². The first kappa shape index (κ1) is 15.9. The number of nitrogen functional groups attached to an aromatic ring is 1. The van der Waals surface area contributed by atoms with E-state index in [1.807, 2.05) is 12.1 Å². The normalized spacial score (nSPS) is 11.8. The van der Waals surface area contributed by atoms with Gasteiger partial charge in [-0.25, -0.2) is 8.42 Å². The molecule has 0 aliphatic carbocycles. The molecule has 0 amide bonds. The molecule has 0 fully saturated rings. The van der Waals surface area contributed by atoms with Gasteiger partial charge in [-0.15, -0.1) is 0 Å². The third kappa shape index (κ3) is 3.81. The van der Waals surface area contributed by atoms with Crippen molar-refractivity contribution in [3.63, 3.8) is 0 Å². The molecule has 0 aliphatic rings. The van der Waals surface area contributed by atoms with Crippen LogP contribution in [-0.4, -0.2) is 24.3 Å². The first-order valence-corrected chi connectivity index (χ1v) is 8.62. The second kappa shape index (κ2) is 6.55. The summed E-state index contributed by atoms with van der Waals surface area (Å²) in [4.78, 5) is 4.08. The zero-order valence-electron chi connectivity index (χ0n) is 11.5. The van der Waals surface area contributed by atoms with E-state index in [1.165, 1.54) is 10.5 Å². The fourth-order valence-corrected chi connectivity index (χ4v) is 3.89. The van der Waals surface area contributed by atoms with E-state index in [0.29, 0.717) is 16.7 Å². The quantitative estimate of drug-likeness (QED) is 0.821. The molecule has 2 aromatic rings. The summed E-state index contributed by atoms with van der Waals surface area (Å²) < 4.78 is 27.3. The van der Waals surface area contributed by atoms with Gasteiger partial charge in [-0.05, 0) is 39.7 Å². The van der Waals surface area contributed by atoms with Crippen LogP contribution in [0.5, 0.6) is 0 Å². The molecule has 112 valence electrons. The van der Waals surface area contributed by atoms with Crippen LogP contribution in [0.1, 0.15) is 12.5 Å². The fourth-order valence-electron chi connectivity index (χ4n) is 1.94. The number of anilines is 1. The number of aromatic nitrogens is 1. The van der Waals surface area contributed by atoms with Crippen LogP contribution >= 0.6 is 15.9 Å². The summed E-state index contributed by atoms with van der Waals surface area (Å²) in [6.45, 7) is 2.44. The molecule has 5 nitrogen and oxygen atoms in total. The topological polar surface area (TPSA) is 76.3 Å². The van der Waals surface area contributed by atoms with E-state index >= 15 is 0 Å². The van der Waals surface area contributed by atoms with Crippen molar-refractivity contribution in [1.82, 2.24) is 9.29 Å². The molecular formula is C14H16BrN3O2S. The monoisotopic (exact) mass is 369 g/mol. The third-order valence-corrected chi connectivity index (χ3v) is 5.30. The van der Waals surface area contributed by atoms with Crippen molar-refractivity contribution >= 4 is 31.6 Å². The second-order valence-corrected chi connectivity index (χ2v) is 7.37. The Hall–Kier alpha value is -1.44. The Morgan fingerprint density at radius 2 is 2.05 bits per heavy atom. The van der Waals surface area contributed by atoms with Gasteiger partial charge in [0.1, 0.15) is 4.90 Å². The Morgan fingerprint density at radius 3 is 2.67 bits per heavy atom. The first-order chi connectivity index (χ1) is 9.93. The minimum atomic E-state index is -3.58. The molecule has 2 rings (SSSR count). The molecule has 1 heterocycles. The van der Waals surface area contributed by atoms with Crippen molar-refractivity contribution in [3.8, 4) is 0 Å². The Labute approximate surface area is 133 Å². The molecule has 1 aromatic carbocycles. The summed E-state index contributed by atoms with van der Waals surface area (Å²) in [7, 11) is -3.58. The highest BCUT2D eigenvalue weighted by Crippen LogP contribution is 2.21. The van der Waals surface area contributed by atoms with E-state index in [1.54, 1.807) is 31.3 Å². The van der Waals surface area contributed by atoms with Gasteiger partial charge in [0.05, 0.1) is 0 Å². The van der Waals surface area contributed by atoms with Crippen LogP contribution in [-0.2, 0) is 16.6 Å². The van der Waals surface area contributed by atoms with Gasteiger partial charge in [-0.2, -0.15) is 4.31 Å². The number of pyridine rings is 1. The van der Waals surface area contributed by atoms with Crippen molar-refractivity contribution in [1.29, 1.82) is 0 Å². The predicted octanol–water partition coefficient (Wildman–Crippen LogP) is 2.64. The van der Waals surface area contributed by atoms with Crippen LogP contribution < -0.4 is 5.73 Å². The standard InChI is InChI=1S/C14H16BrN3O2S/c1-2-18(10-11-4-3-5-13(16)6-11)21(19,20)14-7-12(15)8-17-9-14/h3-9H,2,10,16H2,1H3. The highest BCUT2D eigenvalue weighted by Gasteiger charge is 2.23. The van der Waals surface area contributed by atoms with Gasteiger partial charge in [0.2, 0.25) is 10.0 Å². The molecule has 0 atom stereocenters. The maximum absolute atomic E-state index is 12.6. The van der Waals surface area contributed by atoms with Gasteiger partial charge in [-0.1, -0.05) is 19.1 Å². The predicted molar refractivity (Wildman–Crippen MR) is 86.1 cm³/mol. The number of hydrogen-bond acceptors (Lipinski definition) is 4. The lowest BCUT2D eigenvalue weighted by atomic mass is 10.2. The fraction of sp³-hybridized carbons (Fsp3) is 0.214. The maximum Gasteiger partial charge on any atom is 0.244 e. The van der Waals surface area contributed by atoms with Gasteiger partial charge < -0.3 is 5.73 Å². The lowest BCUT2D eigenvalue weighted by molar-refractivity contribution is 0.423. The molecule has 0 spiro atoms. The van der Waals surface area contributed by atoms with Gasteiger partial charge in [0.25, 0.3) is 0 Å². The van der Waals surface area contributed by atoms with Crippen molar-refractivity contribution < 1.29 is 8.42 Å². The molecule has 2 N–H and O–H groups in total. The summed E-state index contributed by atoms with van der Waals surface area (Å²) >= 11 is 3.24. The van der Waals surface area contributed by atoms with E-state index in [4.69, 9.17) is 5.73 Å². The molecule has 0 unspecified atom stereocenters. The maximum atomic E-state index is 12.6. The average Bonchev–Trinajstić information content (AvgIpc) is 2.44. The Morgan fingerprint density at radius 1 is 1.29 bits per heavy atom. The molecule has 1 aromatic heterocycles. The highest BCUT2D eigenvalue weighted by atomic mass is 79.9. The van der Waals surface area contributed by atoms with Crippen LogP contribution in [0.3, 0.4) is 0 Å². The minimum Gasteiger partial charge on any atom is -0.399 e. The molecule has 0 bridgehead atoms. The SMILES string of the molecule is CCN(Cc1cccc(N)c1)S(=O)(=O)c1cncc(Br)c1. The molecule has 0 aliphatic heterocycles. The summed E-state index contributed by atoms with van der Waals surface area (Å²) in [5.41, 5.74) is 7.20. The molecule has 0 radical (unpaired) electrons. The number of rotatable bonds is 5. The number of halogens is 1. The third-order valence-electron chi connectivity index (χ3n) is 2.98. The number of nitrogens with zero attached hydrogens (tertiary/aromatic N) is 2. The Balaban J connectivity index is 2.32. The summed E-state index contributed by atoms with van der Waals surface area (Å²) in [6.07, 6.45) is 2.90. The first-order valence-electron chi connectivity index (χ1n) is 6.38. The zero-order chi connectivity index (χ0) is 15.5. The molecular weight excluding hydrogens is 354 g/mol. The zero-order valence-corrected chi connectivity index (χ0v) is 13.9. The minimum absolute atomic E-state index is 0.169. The highest BCUT2D eigenvalue weighted by molar-refractivity contribution is 9.10. The van der Waals surface area contributed by atoms with E-state index in [-0.39, 0.29) is 11.4 Å². The van der Waals surface area contributed by atoms with E-state index in [9.17, 15) is 8.42 Å². The Kier molecular flexibility index (Phi) is 4.97. The van der Waals surface area contributed by atoms with Crippen LogP contribution in [0.15, 0.2) is 52.1 Å². The largest absolute Gasteiger partial charge is 0.399 e. The van der Waals surface area contributed by atoms with Crippen LogP contribution in [0, 0.1) is 0 Å². The summed E-state index contributed by atoms with van der Waals surface area (Å²) in [5, 5.41) is 0. The number of benzene rings is 1. The number of hydrogen-bond donors (Lipinski definition) is 1. The molecule has 7 heteroatoms. The van der Waals surface area contributed by atoms with Crippen LogP contribution in [0.2, 0.25) is 0 Å². The van der Waals surface area contributed by atoms with Gasteiger partial charge in [-0.3, -0.25) is 4.98 Å². The average molecular weight is 370 g/mol. The van der Waals surface area contributed by atoms with Gasteiger partial charge in [0.15, 0.2) is 0 Å². The second-order valence-electron chi connectivity index (χ2n) is 4.52. The lowest BCUT2D eigenvalue weighted by Gasteiger charge is -2.20. The van der Waals surface area contributed by atoms with Crippen molar-refractivity contribution in [2.45, 2.75) is 18.4 Å². The number of sulfonamides is 1. The summed E-state index contributed by atoms with van der Waals surface area (Å²) in [6, 6.07) is 8.76. The summed E-state index contributed by atoms with van der Waals surface area (Å²) in [5.74, 6) is 0. The van der Waals surface area contributed by atoms with Crippen LogP contribution in [0.4, 0.5) is 5.69 Å². The van der Waals surface area contributed by atoms with Crippen molar-refractivity contribution in [2.24, 2.45) is 0 Å². The molecule has 0 saturated heterocycles.